The molecule has 139 valence electrons. The lowest BCUT2D eigenvalue weighted by molar-refractivity contribution is 0.382. The van der Waals surface area contributed by atoms with Crippen LogP contribution in [-0.2, 0) is 6.54 Å². The number of hydrogen-bond donors (Lipinski definition) is 3. The molecule has 1 atom stereocenters. The molecule has 8 heteroatoms. The largest absolute Gasteiger partial charge is 0.405 e. The fourth-order valence-electron chi connectivity index (χ4n) is 2.94. The highest BCUT2D eigenvalue weighted by Crippen LogP contribution is 2.18. The maximum atomic E-state index is 6.13. The van der Waals surface area contributed by atoms with Gasteiger partial charge in [0.05, 0.1) is 5.39 Å². The van der Waals surface area contributed by atoms with Gasteiger partial charge in [0, 0.05) is 12.1 Å². The number of hydrogen-bond acceptors (Lipinski definition) is 6. The van der Waals surface area contributed by atoms with E-state index in [4.69, 9.17) is 16.6 Å². The summed E-state index contributed by atoms with van der Waals surface area (Å²) in [5.41, 5.74) is 14.2. The molecule has 1 radical (unpaired) electrons. The number of fused-ring (bicyclic) bond motifs is 1. The Morgan fingerprint density at radius 2 is 2.19 bits per heavy atom. The summed E-state index contributed by atoms with van der Waals surface area (Å²) in [5.74, 6) is 0.965. The molecule has 0 aliphatic heterocycles. The molecule has 0 amide bonds. The number of nitrogens with two attached hydrogens (primary N) is 2. The third-order valence-electron chi connectivity index (χ3n) is 4.50. The van der Waals surface area contributed by atoms with Gasteiger partial charge in [0.1, 0.15) is 12.1 Å². The molecule has 0 bridgehead atoms. The van der Waals surface area contributed by atoms with Crippen LogP contribution in [0, 0.1) is 5.92 Å². The van der Waals surface area contributed by atoms with Crippen LogP contribution in [0.4, 0.5) is 5.82 Å². The molecule has 2 rings (SSSR count). The first-order chi connectivity index (χ1) is 12.6. The molecule has 0 aliphatic rings. The molecular formula is C18H29BN7. The standard InChI is InChI=1S/C18H29BN7/c1-4-13(8-10-22-6-3)11-26-18-15(17(21)23-12-24-18)16(25-26)19-14(5-2)7-9-20/h5,7,9,12-13,22H,4,6,8,10-11,20H2,1-3H3,(H2,21,23,24)/b9-7-,14-5+. The molecule has 0 aliphatic carbocycles. The zero-order chi connectivity index (χ0) is 18.9. The van der Waals surface area contributed by atoms with Crippen molar-refractivity contribution in [2.24, 2.45) is 11.7 Å². The third kappa shape index (κ3) is 4.85. The smallest absolute Gasteiger partial charge is 0.220 e. The van der Waals surface area contributed by atoms with Crippen molar-refractivity contribution >= 4 is 29.7 Å². The van der Waals surface area contributed by atoms with Crippen LogP contribution in [0.25, 0.3) is 11.0 Å². The number of nitrogen functional groups attached to an aromatic ring is 1. The van der Waals surface area contributed by atoms with E-state index in [0.717, 1.165) is 54.6 Å². The summed E-state index contributed by atoms with van der Waals surface area (Å²) in [7, 11) is 1.96. The minimum absolute atomic E-state index is 0.445. The molecular weight excluding hydrogens is 325 g/mol. The topological polar surface area (TPSA) is 108 Å². The van der Waals surface area contributed by atoms with Gasteiger partial charge in [0.2, 0.25) is 7.28 Å². The second-order valence-corrected chi connectivity index (χ2v) is 6.23. The van der Waals surface area contributed by atoms with E-state index in [1.54, 1.807) is 0 Å². The van der Waals surface area contributed by atoms with E-state index in [-0.39, 0.29) is 0 Å². The molecule has 7 nitrogen and oxygen atoms in total. The summed E-state index contributed by atoms with van der Waals surface area (Å²) in [6, 6.07) is 0. The molecule has 0 fully saturated rings. The first-order valence-corrected chi connectivity index (χ1v) is 9.21. The zero-order valence-electron chi connectivity index (χ0n) is 15.9. The van der Waals surface area contributed by atoms with Gasteiger partial charge in [0.25, 0.3) is 0 Å². The fourth-order valence-corrected chi connectivity index (χ4v) is 2.94. The Bertz CT molecular complexity index is 766. The second kappa shape index (κ2) is 9.96. The lowest BCUT2D eigenvalue weighted by Crippen LogP contribution is -2.23. The second-order valence-electron chi connectivity index (χ2n) is 6.23. The molecule has 0 spiro atoms. The molecule has 0 saturated heterocycles. The van der Waals surface area contributed by atoms with E-state index in [1.165, 1.54) is 12.5 Å². The minimum Gasteiger partial charge on any atom is -0.405 e. The Morgan fingerprint density at radius 1 is 1.38 bits per heavy atom. The summed E-state index contributed by atoms with van der Waals surface area (Å²) in [6.45, 7) is 9.10. The third-order valence-corrected chi connectivity index (χ3v) is 4.50. The van der Waals surface area contributed by atoms with Crippen molar-refractivity contribution in [3.63, 3.8) is 0 Å². The van der Waals surface area contributed by atoms with Crippen LogP contribution in [-0.4, -0.2) is 40.1 Å². The Morgan fingerprint density at radius 3 is 2.85 bits per heavy atom. The fraction of sp³-hybridized carbons (Fsp3) is 0.500. The van der Waals surface area contributed by atoms with Crippen LogP contribution in [0.5, 0.6) is 0 Å². The average molecular weight is 354 g/mol. The zero-order valence-corrected chi connectivity index (χ0v) is 15.9. The van der Waals surface area contributed by atoms with Crippen LogP contribution < -0.4 is 22.4 Å². The SMILES string of the molecule is C/C=C([B]c1nn(CC(CC)CCNCC)c2ncnc(N)c12)\C=C/N. The van der Waals surface area contributed by atoms with Crippen molar-refractivity contribution < 1.29 is 0 Å². The highest BCUT2D eigenvalue weighted by atomic mass is 15.3. The Kier molecular flexibility index (Phi) is 7.65. The van der Waals surface area contributed by atoms with Crippen LogP contribution in [0.3, 0.4) is 0 Å². The summed E-state index contributed by atoms with van der Waals surface area (Å²) >= 11 is 0. The van der Waals surface area contributed by atoms with Gasteiger partial charge >= 0.3 is 0 Å². The van der Waals surface area contributed by atoms with E-state index >= 15 is 0 Å². The van der Waals surface area contributed by atoms with Gasteiger partial charge in [-0.1, -0.05) is 37.9 Å². The summed E-state index contributed by atoms with van der Waals surface area (Å²) in [6.07, 6.45) is 8.99. The minimum atomic E-state index is 0.445. The maximum Gasteiger partial charge on any atom is 0.220 e. The Labute approximate surface area is 156 Å². The van der Waals surface area contributed by atoms with Gasteiger partial charge in [-0.2, -0.15) is 5.10 Å². The van der Waals surface area contributed by atoms with E-state index in [9.17, 15) is 0 Å². The highest BCUT2D eigenvalue weighted by molar-refractivity contribution is 6.64. The van der Waals surface area contributed by atoms with E-state index in [1.807, 2.05) is 31.0 Å². The van der Waals surface area contributed by atoms with E-state index in [2.05, 4.69) is 29.1 Å². The number of rotatable bonds is 10. The molecule has 2 aromatic heterocycles. The molecule has 0 aromatic carbocycles. The van der Waals surface area contributed by atoms with Gasteiger partial charge < -0.3 is 16.8 Å². The molecule has 5 N–H and O–H groups in total. The highest BCUT2D eigenvalue weighted by Gasteiger charge is 2.18. The normalized spacial score (nSPS) is 13.6. The van der Waals surface area contributed by atoms with Crippen molar-refractivity contribution in [2.75, 3.05) is 18.8 Å². The number of allylic oxidation sites excluding steroid dienone is 3. The van der Waals surface area contributed by atoms with Crippen molar-refractivity contribution in [1.29, 1.82) is 0 Å². The first-order valence-electron chi connectivity index (χ1n) is 9.21. The molecule has 2 heterocycles. The van der Waals surface area contributed by atoms with E-state index < -0.39 is 0 Å². The van der Waals surface area contributed by atoms with E-state index in [0.29, 0.717) is 11.7 Å². The molecule has 2 aromatic rings. The number of nitrogens with one attached hydrogen (secondary N) is 1. The van der Waals surface area contributed by atoms with Gasteiger partial charge in [-0.3, -0.25) is 0 Å². The predicted molar refractivity (Wildman–Crippen MR) is 109 cm³/mol. The summed E-state index contributed by atoms with van der Waals surface area (Å²) in [5, 5.41) is 8.96. The lowest BCUT2D eigenvalue weighted by Gasteiger charge is -2.15. The van der Waals surface area contributed by atoms with Gasteiger partial charge in [0.15, 0.2) is 5.65 Å². The van der Waals surface area contributed by atoms with Gasteiger partial charge in [-0.25, -0.2) is 14.6 Å². The molecule has 1 unspecified atom stereocenters. The molecule has 26 heavy (non-hydrogen) atoms. The quantitative estimate of drug-likeness (QED) is 0.335. The molecule has 0 saturated carbocycles. The van der Waals surface area contributed by atoms with Crippen LogP contribution >= 0.6 is 0 Å². The monoisotopic (exact) mass is 354 g/mol. The van der Waals surface area contributed by atoms with Gasteiger partial charge in [-0.15, -0.1) is 0 Å². The van der Waals surface area contributed by atoms with Crippen molar-refractivity contribution in [2.45, 2.75) is 40.2 Å². The maximum absolute atomic E-state index is 6.13. The van der Waals surface area contributed by atoms with Crippen molar-refractivity contribution in [1.82, 2.24) is 25.1 Å². The number of aromatic nitrogens is 4. The van der Waals surface area contributed by atoms with Crippen molar-refractivity contribution in [3.8, 4) is 0 Å². The average Bonchev–Trinajstić information content (AvgIpc) is 2.99. The Balaban J connectivity index is 2.34. The summed E-state index contributed by atoms with van der Waals surface area (Å²) < 4.78 is 1.96. The van der Waals surface area contributed by atoms with Crippen LogP contribution in [0.1, 0.15) is 33.6 Å². The van der Waals surface area contributed by atoms with Crippen molar-refractivity contribution in [3.05, 3.63) is 30.2 Å². The van der Waals surface area contributed by atoms with Gasteiger partial charge in [-0.05, 0) is 38.6 Å². The first kappa shape index (κ1) is 20.0. The van der Waals surface area contributed by atoms with Crippen LogP contribution in [0.15, 0.2) is 30.2 Å². The predicted octanol–water partition coefficient (Wildman–Crippen LogP) is 1.14. The Hall–Kier alpha value is -2.35. The number of nitrogens with zero attached hydrogens (tertiary/aromatic N) is 4. The lowest BCUT2D eigenvalue weighted by atomic mass is 9.65. The summed E-state index contributed by atoms with van der Waals surface area (Å²) in [4.78, 5) is 8.58. The number of anilines is 1. The van der Waals surface area contributed by atoms with Crippen LogP contribution in [0.2, 0.25) is 0 Å².